The predicted molar refractivity (Wildman–Crippen MR) is 60.3 cm³/mol. The van der Waals surface area contributed by atoms with Crippen molar-refractivity contribution >= 4 is 16.6 Å². The summed E-state index contributed by atoms with van der Waals surface area (Å²) in [7, 11) is 1.68. The molecule has 1 rings (SSSR count). The Morgan fingerprint density at radius 2 is 1.64 bits per heavy atom. The standard InChI is InChI=1S/C7H8O2.2C2H5.Ga/c1-9-7-5-3-2-4-6(7)8;2*1-2;/h2-5,8H,1H3;2*1H2,2H3;/q;;;+1/p-1. The first-order valence-electron chi connectivity index (χ1n) is 5.11. The van der Waals surface area contributed by atoms with Crippen LogP contribution < -0.4 is 8.27 Å². The van der Waals surface area contributed by atoms with E-state index < -0.39 is 16.6 Å². The maximum absolute atomic E-state index is 6.00. The van der Waals surface area contributed by atoms with Gasteiger partial charge in [-0.1, -0.05) is 0 Å². The number of methoxy groups -OCH3 is 1. The van der Waals surface area contributed by atoms with E-state index in [-0.39, 0.29) is 0 Å². The van der Waals surface area contributed by atoms with Crippen molar-refractivity contribution in [1.82, 2.24) is 0 Å². The van der Waals surface area contributed by atoms with E-state index in [0.29, 0.717) is 0 Å². The van der Waals surface area contributed by atoms with Crippen molar-refractivity contribution in [2.24, 2.45) is 0 Å². The predicted octanol–water partition coefficient (Wildman–Crippen LogP) is 3.11. The molecule has 76 valence electrons. The fraction of sp³-hybridized carbons (Fsp3) is 0.455. The van der Waals surface area contributed by atoms with Gasteiger partial charge in [0, 0.05) is 0 Å². The quantitative estimate of drug-likeness (QED) is 0.748. The van der Waals surface area contributed by atoms with Crippen LogP contribution in [0.5, 0.6) is 11.5 Å². The Hall–Kier alpha value is -0.544. The van der Waals surface area contributed by atoms with Gasteiger partial charge in [-0.05, 0) is 0 Å². The van der Waals surface area contributed by atoms with Gasteiger partial charge >= 0.3 is 91.5 Å². The molecule has 0 radical (unpaired) electrons. The van der Waals surface area contributed by atoms with Crippen molar-refractivity contribution in [3.05, 3.63) is 24.3 Å². The minimum absolute atomic E-state index is 0.852. The van der Waals surface area contributed by atoms with E-state index in [0.717, 1.165) is 11.5 Å². The van der Waals surface area contributed by atoms with Gasteiger partial charge < -0.3 is 0 Å². The Morgan fingerprint density at radius 3 is 2.14 bits per heavy atom. The Balaban J connectivity index is 2.74. The van der Waals surface area contributed by atoms with Crippen LogP contribution in [-0.4, -0.2) is 23.7 Å². The minimum atomic E-state index is -1.50. The molecule has 0 saturated heterocycles. The van der Waals surface area contributed by atoms with Crippen molar-refractivity contribution in [2.75, 3.05) is 7.11 Å². The third kappa shape index (κ3) is 2.99. The van der Waals surface area contributed by atoms with Crippen LogP contribution in [0.4, 0.5) is 0 Å². The van der Waals surface area contributed by atoms with Crippen LogP contribution in [0, 0.1) is 0 Å². The molecule has 0 heterocycles. The summed E-state index contributed by atoms with van der Waals surface area (Å²) in [6, 6.07) is 7.89. The van der Waals surface area contributed by atoms with Crippen LogP contribution in [0.1, 0.15) is 13.8 Å². The van der Waals surface area contributed by atoms with Crippen LogP contribution in [-0.2, 0) is 0 Å². The Kier molecular flexibility index (Phi) is 4.97. The number of rotatable bonds is 5. The number of hydrogen-bond acceptors (Lipinski definition) is 2. The van der Waals surface area contributed by atoms with E-state index in [9.17, 15) is 0 Å². The first-order chi connectivity index (χ1) is 6.81. The molecule has 0 saturated carbocycles. The van der Waals surface area contributed by atoms with Crippen molar-refractivity contribution in [2.45, 2.75) is 23.8 Å². The SMILES string of the molecule is C[CH2][Ga]([CH2]C)[O]c1ccccc1OC. The summed E-state index contributed by atoms with van der Waals surface area (Å²) in [5.41, 5.74) is 0. The molecule has 3 heteroatoms. The summed E-state index contributed by atoms with van der Waals surface area (Å²) >= 11 is -1.50. The summed E-state index contributed by atoms with van der Waals surface area (Å²) in [6.07, 6.45) is 0. The average Bonchev–Trinajstić information content (AvgIpc) is 2.26. The molecule has 0 aliphatic carbocycles. The van der Waals surface area contributed by atoms with Crippen molar-refractivity contribution < 1.29 is 8.27 Å². The zero-order valence-electron chi connectivity index (χ0n) is 9.12. The van der Waals surface area contributed by atoms with Crippen LogP contribution in [0.3, 0.4) is 0 Å². The van der Waals surface area contributed by atoms with Gasteiger partial charge in [0.05, 0.1) is 0 Å². The fourth-order valence-electron chi connectivity index (χ4n) is 1.35. The molecule has 0 fully saturated rings. The van der Waals surface area contributed by atoms with Gasteiger partial charge in [0.25, 0.3) is 0 Å². The molecule has 0 unspecified atom stereocenters. The Bertz CT molecular complexity index is 272. The molecule has 0 aromatic heterocycles. The van der Waals surface area contributed by atoms with Gasteiger partial charge in [-0.25, -0.2) is 0 Å². The average molecular weight is 251 g/mol. The molecule has 0 aliphatic heterocycles. The van der Waals surface area contributed by atoms with Crippen LogP contribution in [0.15, 0.2) is 24.3 Å². The second kappa shape index (κ2) is 6.04. The number of hydrogen-bond donors (Lipinski definition) is 0. The summed E-state index contributed by atoms with van der Waals surface area (Å²) in [4.78, 5) is 2.42. The molecule has 14 heavy (non-hydrogen) atoms. The molecule has 0 amide bonds. The van der Waals surface area contributed by atoms with E-state index in [4.69, 9.17) is 8.27 Å². The molecule has 1 aromatic rings. The normalized spacial score (nSPS) is 9.64. The fourth-order valence-corrected chi connectivity index (χ4v) is 4.42. The molecular formula is C11H17GaO2. The zero-order valence-corrected chi connectivity index (χ0v) is 11.5. The van der Waals surface area contributed by atoms with Crippen LogP contribution >= 0.6 is 0 Å². The molecule has 0 N–H and O–H groups in total. The van der Waals surface area contributed by atoms with Crippen molar-refractivity contribution in [1.29, 1.82) is 0 Å². The summed E-state index contributed by atoms with van der Waals surface area (Å²) < 4.78 is 11.2. The van der Waals surface area contributed by atoms with Crippen molar-refractivity contribution in [3.8, 4) is 11.5 Å². The van der Waals surface area contributed by atoms with Gasteiger partial charge in [-0.2, -0.15) is 0 Å². The van der Waals surface area contributed by atoms with Gasteiger partial charge in [0.2, 0.25) is 0 Å². The summed E-state index contributed by atoms with van der Waals surface area (Å²) in [5.74, 6) is 1.77. The van der Waals surface area contributed by atoms with E-state index in [1.54, 1.807) is 7.11 Å². The first kappa shape index (κ1) is 11.5. The number of ether oxygens (including phenoxy) is 1. The van der Waals surface area contributed by atoms with E-state index >= 15 is 0 Å². The maximum atomic E-state index is 6.00. The van der Waals surface area contributed by atoms with E-state index in [1.165, 1.54) is 9.95 Å². The molecule has 0 atom stereocenters. The number of para-hydroxylation sites is 2. The van der Waals surface area contributed by atoms with Crippen molar-refractivity contribution in [3.63, 3.8) is 0 Å². The van der Waals surface area contributed by atoms with Gasteiger partial charge in [0.1, 0.15) is 0 Å². The number of benzene rings is 1. The second-order valence-corrected chi connectivity index (χ2v) is 9.74. The summed E-state index contributed by atoms with van der Waals surface area (Å²) in [6.45, 7) is 4.42. The zero-order chi connectivity index (χ0) is 10.4. The topological polar surface area (TPSA) is 18.5 Å². The van der Waals surface area contributed by atoms with Gasteiger partial charge in [-0.15, -0.1) is 0 Å². The molecule has 0 aliphatic rings. The first-order valence-corrected chi connectivity index (χ1v) is 9.53. The van der Waals surface area contributed by atoms with Gasteiger partial charge in [-0.3, -0.25) is 0 Å². The van der Waals surface area contributed by atoms with E-state index in [1.807, 2.05) is 24.3 Å². The van der Waals surface area contributed by atoms with Gasteiger partial charge in [0.15, 0.2) is 0 Å². The van der Waals surface area contributed by atoms with Crippen LogP contribution in [0.2, 0.25) is 9.95 Å². The second-order valence-electron chi connectivity index (χ2n) is 3.21. The Morgan fingerprint density at radius 1 is 1.07 bits per heavy atom. The molecule has 1 aromatic carbocycles. The summed E-state index contributed by atoms with van der Waals surface area (Å²) in [5, 5.41) is 0. The third-order valence-electron chi connectivity index (χ3n) is 2.27. The molecule has 2 nitrogen and oxygen atoms in total. The van der Waals surface area contributed by atoms with E-state index in [2.05, 4.69) is 13.8 Å². The third-order valence-corrected chi connectivity index (χ3v) is 7.33. The monoisotopic (exact) mass is 250 g/mol. The molecule has 0 spiro atoms. The Labute approximate surface area is 91.7 Å². The molecule has 0 bridgehead atoms. The van der Waals surface area contributed by atoms with Crippen LogP contribution in [0.25, 0.3) is 0 Å². The molecular weight excluding hydrogens is 234 g/mol.